The van der Waals surface area contributed by atoms with Gasteiger partial charge in [-0.1, -0.05) is 29.3 Å². The zero-order valence-corrected chi connectivity index (χ0v) is 15.7. The highest BCUT2D eigenvalue weighted by molar-refractivity contribution is 6.42. The van der Waals surface area contributed by atoms with Gasteiger partial charge in [-0.15, -0.1) is 0 Å². The number of hydrogen-bond acceptors (Lipinski definition) is 4. The number of aromatic nitrogens is 1. The largest absolute Gasteiger partial charge is 0.335 e. The molecule has 6 nitrogen and oxygen atoms in total. The highest BCUT2D eigenvalue weighted by Gasteiger charge is 2.22. The van der Waals surface area contributed by atoms with Crippen molar-refractivity contribution in [1.29, 1.82) is 0 Å². The summed E-state index contributed by atoms with van der Waals surface area (Å²) in [6.45, 7) is 2.94. The third-order valence-electron chi connectivity index (χ3n) is 4.17. The van der Waals surface area contributed by atoms with Crippen molar-refractivity contribution in [1.82, 2.24) is 14.8 Å². The molecule has 1 fully saturated rings. The van der Waals surface area contributed by atoms with Crippen LogP contribution < -0.4 is 5.32 Å². The first kappa shape index (κ1) is 18.6. The van der Waals surface area contributed by atoms with E-state index in [-0.39, 0.29) is 17.3 Å². The van der Waals surface area contributed by atoms with Gasteiger partial charge in [-0.2, -0.15) is 0 Å². The summed E-state index contributed by atoms with van der Waals surface area (Å²) in [6, 6.07) is 9.64. The lowest BCUT2D eigenvalue weighted by Crippen LogP contribution is -2.47. The number of nitrogens with zero attached hydrogens (tertiary/aromatic N) is 3. The predicted molar refractivity (Wildman–Crippen MR) is 102 cm³/mol. The first-order valence-corrected chi connectivity index (χ1v) is 8.91. The molecular formula is C18H18Cl2N4O2. The third kappa shape index (κ3) is 4.33. The van der Waals surface area contributed by atoms with Crippen molar-refractivity contribution in [3.63, 3.8) is 0 Å². The molecule has 1 aliphatic heterocycles. The molecule has 26 heavy (non-hydrogen) atoms. The van der Waals surface area contributed by atoms with Gasteiger partial charge in [0.1, 0.15) is 11.4 Å². The average molecular weight is 393 g/mol. The highest BCUT2D eigenvalue weighted by atomic mass is 35.5. The fraction of sp³-hybridized carbons (Fsp3) is 0.278. The van der Waals surface area contributed by atoms with Crippen LogP contribution in [0.1, 0.15) is 21.0 Å². The molecule has 1 aliphatic rings. The van der Waals surface area contributed by atoms with Gasteiger partial charge in [0.05, 0.1) is 10.0 Å². The maximum Gasteiger partial charge on any atom is 0.274 e. The number of carbonyl (C=O) groups is 2. The number of rotatable bonds is 3. The molecule has 2 amide bonds. The molecule has 0 radical (unpaired) electrons. The second-order valence-corrected chi connectivity index (χ2v) is 6.90. The van der Waals surface area contributed by atoms with E-state index in [9.17, 15) is 9.59 Å². The number of pyridine rings is 1. The number of piperazine rings is 1. The molecule has 136 valence electrons. The molecule has 0 aliphatic carbocycles. The van der Waals surface area contributed by atoms with E-state index in [2.05, 4.69) is 15.2 Å². The molecule has 2 aromatic rings. The zero-order chi connectivity index (χ0) is 18.7. The molecular weight excluding hydrogens is 375 g/mol. The minimum absolute atomic E-state index is 0.163. The molecule has 0 spiro atoms. The second-order valence-electron chi connectivity index (χ2n) is 6.09. The Morgan fingerprint density at radius 3 is 2.38 bits per heavy atom. The molecule has 8 heteroatoms. The molecule has 1 aromatic carbocycles. The van der Waals surface area contributed by atoms with Gasteiger partial charge < -0.3 is 15.1 Å². The lowest BCUT2D eigenvalue weighted by atomic mass is 10.2. The quantitative estimate of drug-likeness (QED) is 0.871. The Labute approximate surface area is 161 Å². The van der Waals surface area contributed by atoms with Crippen LogP contribution in [-0.2, 0) is 0 Å². The van der Waals surface area contributed by atoms with E-state index in [1.165, 1.54) is 0 Å². The van der Waals surface area contributed by atoms with Crippen molar-refractivity contribution in [3.05, 3.63) is 57.8 Å². The van der Waals surface area contributed by atoms with Crippen LogP contribution in [0.3, 0.4) is 0 Å². The molecule has 1 saturated heterocycles. The maximum atomic E-state index is 12.6. The van der Waals surface area contributed by atoms with E-state index in [0.29, 0.717) is 28.8 Å². The van der Waals surface area contributed by atoms with Crippen LogP contribution in [0.15, 0.2) is 36.4 Å². The number of hydrogen-bond donors (Lipinski definition) is 1. The average Bonchev–Trinajstić information content (AvgIpc) is 2.65. The van der Waals surface area contributed by atoms with Crippen molar-refractivity contribution in [2.24, 2.45) is 0 Å². The zero-order valence-electron chi connectivity index (χ0n) is 14.2. The van der Waals surface area contributed by atoms with Gasteiger partial charge in [-0.05, 0) is 37.4 Å². The first-order valence-electron chi connectivity index (χ1n) is 8.15. The molecule has 0 saturated carbocycles. The number of anilines is 1. The Bertz CT molecular complexity index is 836. The number of benzene rings is 1. The Kier molecular flexibility index (Phi) is 5.76. The minimum Gasteiger partial charge on any atom is -0.335 e. The summed E-state index contributed by atoms with van der Waals surface area (Å²) in [7, 11) is 2.02. The van der Waals surface area contributed by atoms with Gasteiger partial charge in [0.25, 0.3) is 11.8 Å². The maximum absolute atomic E-state index is 12.6. The first-order chi connectivity index (χ1) is 12.4. The molecule has 1 N–H and O–H groups in total. The Balaban J connectivity index is 1.72. The van der Waals surface area contributed by atoms with Crippen molar-refractivity contribution in [2.75, 3.05) is 38.5 Å². The summed E-state index contributed by atoms with van der Waals surface area (Å²) >= 11 is 11.8. The van der Waals surface area contributed by atoms with Crippen LogP contribution in [0.25, 0.3) is 0 Å². The van der Waals surface area contributed by atoms with Crippen molar-refractivity contribution in [3.8, 4) is 0 Å². The van der Waals surface area contributed by atoms with E-state index in [1.807, 2.05) is 7.05 Å². The van der Waals surface area contributed by atoms with Crippen LogP contribution in [0.2, 0.25) is 10.0 Å². The highest BCUT2D eigenvalue weighted by Crippen LogP contribution is 2.25. The Morgan fingerprint density at radius 1 is 1.00 bits per heavy atom. The third-order valence-corrected chi connectivity index (χ3v) is 4.91. The summed E-state index contributed by atoms with van der Waals surface area (Å²) in [5.41, 5.74) is 0.925. The lowest BCUT2D eigenvalue weighted by molar-refractivity contribution is 0.0658. The number of likely N-dealkylation sites (N-methyl/N-ethyl adjacent to an activating group) is 1. The predicted octanol–water partition coefficient (Wildman–Crippen LogP) is 3.03. The van der Waals surface area contributed by atoms with Gasteiger partial charge in [0.15, 0.2) is 0 Å². The van der Waals surface area contributed by atoms with Gasteiger partial charge in [0, 0.05) is 31.9 Å². The summed E-state index contributed by atoms with van der Waals surface area (Å²) in [5.74, 6) is -0.585. The fourth-order valence-electron chi connectivity index (χ4n) is 2.62. The second kappa shape index (κ2) is 8.03. The summed E-state index contributed by atoms with van der Waals surface area (Å²) < 4.78 is 0. The van der Waals surface area contributed by atoms with Crippen molar-refractivity contribution < 1.29 is 9.59 Å². The Hall–Kier alpha value is -2.15. The van der Waals surface area contributed by atoms with Crippen LogP contribution in [-0.4, -0.2) is 59.8 Å². The van der Waals surface area contributed by atoms with Crippen LogP contribution >= 0.6 is 23.2 Å². The van der Waals surface area contributed by atoms with Gasteiger partial charge in [0.2, 0.25) is 0 Å². The van der Waals surface area contributed by atoms with Crippen LogP contribution in [0, 0.1) is 0 Å². The summed E-state index contributed by atoms with van der Waals surface area (Å²) in [5, 5.41) is 3.45. The Morgan fingerprint density at radius 2 is 1.69 bits per heavy atom. The molecule has 0 unspecified atom stereocenters. The molecule has 1 aromatic heterocycles. The fourth-order valence-corrected chi connectivity index (χ4v) is 2.92. The van der Waals surface area contributed by atoms with Crippen molar-refractivity contribution in [2.45, 2.75) is 0 Å². The number of nitrogens with one attached hydrogen (secondary N) is 1. The standard InChI is InChI=1S/C18H18Cl2N4O2/c1-23-7-9-24(10-8-23)18(26)16-4-2-3-15(22-16)17(25)21-12-5-6-13(19)14(20)11-12/h2-6,11H,7-10H2,1H3,(H,21,25). The topological polar surface area (TPSA) is 65.5 Å². The normalized spacial score (nSPS) is 15.0. The monoisotopic (exact) mass is 392 g/mol. The molecule has 0 bridgehead atoms. The van der Waals surface area contributed by atoms with Crippen LogP contribution in [0.4, 0.5) is 5.69 Å². The van der Waals surface area contributed by atoms with Gasteiger partial charge in [-0.3, -0.25) is 9.59 Å². The molecule has 2 heterocycles. The SMILES string of the molecule is CN1CCN(C(=O)c2cccc(C(=O)Nc3ccc(Cl)c(Cl)c3)n2)CC1. The lowest BCUT2D eigenvalue weighted by Gasteiger charge is -2.32. The van der Waals surface area contributed by atoms with E-state index in [0.717, 1.165) is 13.1 Å². The van der Waals surface area contributed by atoms with Crippen LogP contribution in [0.5, 0.6) is 0 Å². The number of amides is 2. The molecule has 3 rings (SSSR count). The molecule has 0 atom stereocenters. The van der Waals surface area contributed by atoms with Gasteiger partial charge in [-0.25, -0.2) is 4.98 Å². The van der Waals surface area contributed by atoms with Gasteiger partial charge >= 0.3 is 0 Å². The van der Waals surface area contributed by atoms with E-state index in [4.69, 9.17) is 23.2 Å². The summed E-state index contributed by atoms with van der Waals surface area (Å²) in [6.07, 6.45) is 0. The number of carbonyl (C=O) groups excluding carboxylic acids is 2. The van der Waals surface area contributed by atoms with E-state index in [1.54, 1.807) is 41.3 Å². The van der Waals surface area contributed by atoms with E-state index < -0.39 is 5.91 Å². The smallest absolute Gasteiger partial charge is 0.274 e. The number of halogens is 2. The summed E-state index contributed by atoms with van der Waals surface area (Å²) in [4.78, 5) is 33.2. The van der Waals surface area contributed by atoms with E-state index >= 15 is 0 Å². The minimum atomic E-state index is -0.420. The van der Waals surface area contributed by atoms with Crippen molar-refractivity contribution >= 4 is 40.7 Å².